The van der Waals surface area contributed by atoms with E-state index in [1.54, 1.807) is 48.5 Å². The van der Waals surface area contributed by atoms with Crippen LogP contribution in [0.25, 0.3) is 16.9 Å². The molecule has 0 saturated heterocycles. The van der Waals surface area contributed by atoms with Crippen LogP contribution < -0.4 is 0 Å². The first-order chi connectivity index (χ1) is 13.5. The van der Waals surface area contributed by atoms with Gasteiger partial charge < -0.3 is 0 Å². The maximum absolute atomic E-state index is 14.3. The number of hydrogen-bond donors (Lipinski definition) is 0. The van der Waals surface area contributed by atoms with Crippen LogP contribution in [-0.2, 0) is 5.75 Å². The molecule has 0 N–H and O–H groups in total. The van der Waals surface area contributed by atoms with E-state index in [1.165, 1.54) is 0 Å². The van der Waals surface area contributed by atoms with Crippen LogP contribution in [0.4, 0.5) is 4.39 Å². The highest BCUT2D eigenvalue weighted by atomic mass is 35.5. The van der Waals surface area contributed by atoms with Gasteiger partial charge in [-0.15, -0.1) is 11.3 Å². The number of aryl methyl sites for hydroxylation is 2. The molecule has 3 nitrogen and oxygen atoms in total. The van der Waals surface area contributed by atoms with E-state index in [1.807, 2.05) is 47.2 Å². The summed E-state index contributed by atoms with van der Waals surface area (Å²) in [6.45, 7) is 3.77. The Balaban J connectivity index is 1.82. The van der Waals surface area contributed by atoms with Gasteiger partial charge in [0, 0.05) is 27.9 Å². The van der Waals surface area contributed by atoms with Crippen LogP contribution in [0.2, 0.25) is 5.02 Å². The molecule has 0 bridgehead atoms. The van der Waals surface area contributed by atoms with E-state index in [0.717, 1.165) is 38.4 Å². The van der Waals surface area contributed by atoms with E-state index in [2.05, 4.69) is 9.97 Å². The Morgan fingerprint density at radius 1 is 1.11 bits per heavy atom. The van der Waals surface area contributed by atoms with Crippen molar-refractivity contribution >= 4 is 34.7 Å². The molecule has 4 rings (SSSR count). The maximum Gasteiger partial charge on any atom is 0.173 e. The van der Waals surface area contributed by atoms with Crippen LogP contribution in [0.1, 0.15) is 16.1 Å². The summed E-state index contributed by atoms with van der Waals surface area (Å²) in [4.78, 5) is 8.97. The fourth-order valence-electron chi connectivity index (χ4n) is 3.02. The highest BCUT2D eigenvalue weighted by molar-refractivity contribution is 7.98. The summed E-state index contributed by atoms with van der Waals surface area (Å²) in [5, 5.41) is 4.49. The van der Waals surface area contributed by atoms with E-state index >= 15 is 0 Å². The molecule has 2 aromatic carbocycles. The van der Waals surface area contributed by atoms with Gasteiger partial charge in [-0.25, -0.2) is 14.4 Å². The number of aromatic nitrogens is 3. The molecule has 7 heteroatoms. The third kappa shape index (κ3) is 3.85. The van der Waals surface area contributed by atoms with Gasteiger partial charge in [-0.2, -0.15) is 0 Å². The van der Waals surface area contributed by atoms with Crippen molar-refractivity contribution in [1.29, 1.82) is 0 Å². The molecule has 0 spiro atoms. The lowest BCUT2D eigenvalue weighted by atomic mass is 10.0. The highest BCUT2D eigenvalue weighted by Crippen LogP contribution is 2.34. The van der Waals surface area contributed by atoms with Gasteiger partial charge >= 0.3 is 0 Å². The number of imidazole rings is 1. The minimum atomic E-state index is -0.221. The summed E-state index contributed by atoms with van der Waals surface area (Å²) in [6, 6.07) is 11.0. The van der Waals surface area contributed by atoms with Crippen LogP contribution in [-0.4, -0.2) is 14.5 Å². The Bertz CT molecular complexity index is 1110. The van der Waals surface area contributed by atoms with E-state index in [-0.39, 0.29) is 5.82 Å². The topological polar surface area (TPSA) is 30.7 Å². The lowest BCUT2D eigenvalue weighted by molar-refractivity contribution is 0.618. The van der Waals surface area contributed by atoms with E-state index in [4.69, 9.17) is 11.6 Å². The first kappa shape index (κ1) is 19.2. The molecule has 0 aliphatic carbocycles. The highest BCUT2D eigenvalue weighted by Gasteiger charge is 2.17. The van der Waals surface area contributed by atoms with Gasteiger partial charge in [-0.05, 0) is 55.3 Å². The van der Waals surface area contributed by atoms with Gasteiger partial charge in [-0.1, -0.05) is 29.4 Å². The van der Waals surface area contributed by atoms with Crippen LogP contribution in [0.5, 0.6) is 0 Å². The molecule has 2 aromatic heterocycles. The molecule has 0 unspecified atom stereocenters. The summed E-state index contributed by atoms with van der Waals surface area (Å²) in [6.07, 6.45) is 3.60. The number of hydrogen-bond acceptors (Lipinski definition) is 4. The van der Waals surface area contributed by atoms with Crippen molar-refractivity contribution in [3.63, 3.8) is 0 Å². The van der Waals surface area contributed by atoms with Crippen molar-refractivity contribution < 1.29 is 4.39 Å². The van der Waals surface area contributed by atoms with E-state index < -0.39 is 0 Å². The van der Waals surface area contributed by atoms with Gasteiger partial charge in [0.1, 0.15) is 10.8 Å². The summed E-state index contributed by atoms with van der Waals surface area (Å²) < 4.78 is 16.4. The van der Waals surface area contributed by atoms with E-state index in [0.29, 0.717) is 10.6 Å². The van der Waals surface area contributed by atoms with Crippen LogP contribution in [0.15, 0.2) is 59.3 Å². The maximum atomic E-state index is 14.3. The number of nitrogens with zero attached hydrogens (tertiary/aromatic N) is 3. The van der Waals surface area contributed by atoms with Gasteiger partial charge in [0.15, 0.2) is 5.16 Å². The van der Waals surface area contributed by atoms with Crippen LogP contribution in [0.3, 0.4) is 0 Å². The van der Waals surface area contributed by atoms with Gasteiger partial charge in [0.05, 0.1) is 17.6 Å². The molecule has 28 heavy (non-hydrogen) atoms. The zero-order valence-electron chi connectivity index (χ0n) is 15.3. The summed E-state index contributed by atoms with van der Waals surface area (Å²) in [7, 11) is 0. The zero-order chi connectivity index (χ0) is 19.7. The first-order valence-corrected chi connectivity index (χ1v) is 10.9. The predicted octanol–water partition coefficient (Wildman–Crippen LogP) is 6.70. The average molecular weight is 430 g/mol. The first-order valence-electron chi connectivity index (χ1n) is 8.65. The molecule has 142 valence electrons. The summed E-state index contributed by atoms with van der Waals surface area (Å²) >= 11 is 9.30. The van der Waals surface area contributed by atoms with Crippen molar-refractivity contribution in [3.8, 4) is 16.9 Å². The lowest BCUT2D eigenvalue weighted by Crippen LogP contribution is -2.01. The molecule has 2 heterocycles. The molecule has 0 saturated carbocycles. The molecule has 0 aliphatic heterocycles. The smallest absolute Gasteiger partial charge is 0.173 e. The largest absolute Gasteiger partial charge is 0.287 e. The second kappa shape index (κ2) is 8.07. The van der Waals surface area contributed by atoms with Crippen molar-refractivity contribution in [2.45, 2.75) is 24.8 Å². The third-order valence-corrected chi connectivity index (χ3v) is 6.58. The SMILES string of the molecule is Cc1cc(C)c(-c2cnc(SCc3nccs3)n2-c2ccc(Cl)cc2)cc1F. The molecule has 0 atom stereocenters. The Morgan fingerprint density at radius 3 is 2.61 bits per heavy atom. The Kier molecular flexibility index (Phi) is 5.53. The summed E-state index contributed by atoms with van der Waals surface area (Å²) in [5.74, 6) is 0.504. The predicted molar refractivity (Wildman–Crippen MR) is 115 cm³/mol. The monoisotopic (exact) mass is 429 g/mol. The van der Waals surface area contributed by atoms with Gasteiger partial charge in [0.25, 0.3) is 0 Å². The Hall–Kier alpha value is -2.15. The normalized spacial score (nSPS) is 11.1. The molecule has 0 fully saturated rings. The van der Waals surface area contributed by atoms with Crippen molar-refractivity contribution in [3.05, 3.63) is 81.1 Å². The number of benzene rings is 2. The molecule has 0 radical (unpaired) electrons. The fraction of sp³-hybridized carbons (Fsp3) is 0.143. The molecule has 4 aromatic rings. The minimum Gasteiger partial charge on any atom is -0.287 e. The van der Waals surface area contributed by atoms with Crippen LogP contribution >= 0.6 is 34.7 Å². The zero-order valence-corrected chi connectivity index (χ0v) is 17.7. The number of rotatable bonds is 5. The Morgan fingerprint density at radius 2 is 1.89 bits per heavy atom. The fourth-order valence-corrected chi connectivity index (χ4v) is 4.78. The van der Waals surface area contributed by atoms with Crippen molar-refractivity contribution in [2.75, 3.05) is 0 Å². The number of thiazole rings is 1. The van der Waals surface area contributed by atoms with Crippen molar-refractivity contribution in [2.24, 2.45) is 0 Å². The van der Waals surface area contributed by atoms with E-state index in [9.17, 15) is 4.39 Å². The summed E-state index contributed by atoms with van der Waals surface area (Å²) in [5.41, 5.74) is 4.24. The molecular weight excluding hydrogens is 413 g/mol. The second-order valence-corrected chi connectivity index (χ2v) is 8.73. The van der Waals surface area contributed by atoms with Gasteiger partial charge in [-0.3, -0.25) is 4.57 Å². The lowest BCUT2D eigenvalue weighted by Gasteiger charge is -2.14. The third-order valence-electron chi connectivity index (χ3n) is 4.40. The molecular formula is C21H17ClFN3S2. The van der Waals surface area contributed by atoms with Gasteiger partial charge in [0.2, 0.25) is 0 Å². The van der Waals surface area contributed by atoms with Crippen LogP contribution in [0, 0.1) is 19.7 Å². The number of halogens is 2. The van der Waals surface area contributed by atoms with Crippen molar-refractivity contribution in [1.82, 2.24) is 14.5 Å². The minimum absolute atomic E-state index is 0.221. The quantitative estimate of drug-likeness (QED) is 0.331. The number of thioether (sulfide) groups is 1. The molecule has 0 amide bonds. The second-order valence-electron chi connectivity index (χ2n) is 6.37. The molecule has 0 aliphatic rings. The average Bonchev–Trinajstić information content (AvgIpc) is 3.33. The standard InChI is InChI=1S/C21H17ClFN3S2/c1-13-9-14(2)18(23)10-17(13)19-11-25-21(28-12-20-24-7-8-27-20)26(19)16-5-3-15(22)4-6-16/h3-11H,12H2,1-2H3. The Labute approximate surface area is 176 Å².